The van der Waals surface area contributed by atoms with Crippen LogP contribution >= 0.6 is 22.9 Å². The van der Waals surface area contributed by atoms with E-state index in [-0.39, 0.29) is 0 Å². The number of halogens is 1. The SMILES string of the molecule is CCNC(Cc1ccc(Cl)cc1)c1sccc1C. The first-order valence-corrected chi connectivity index (χ1v) is 7.48. The Hall–Kier alpha value is -0.830. The summed E-state index contributed by atoms with van der Waals surface area (Å²) in [5.74, 6) is 0. The highest BCUT2D eigenvalue weighted by molar-refractivity contribution is 7.10. The first kappa shape index (κ1) is 13.6. The zero-order chi connectivity index (χ0) is 13.0. The molecule has 1 unspecified atom stereocenters. The van der Waals surface area contributed by atoms with E-state index >= 15 is 0 Å². The average molecular weight is 280 g/mol. The molecule has 2 rings (SSSR count). The molecule has 1 N–H and O–H groups in total. The van der Waals surface area contributed by atoms with E-state index < -0.39 is 0 Å². The molecular formula is C15H18ClNS. The Balaban J connectivity index is 2.16. The monoisotopic (exact) mass is 279 g/mol. The van der Waals surface area contributed by atoms with Gasteiger partial charge in [0.1, 0.15) is 0 Å². The van der Waals surface area contributed by atoms with E-state index in [1.54, 1.807) is 0 Å². The molecule has 2 aromatic rings. The third kappa shape index (κ3) is 3.35. The summed E-state index contributed by atoms with van der Waals surface area (Å²) >= 11 is 7.75. The summed E-state index contributed by atoms with van der Waals surface area (Å²) in [6, 6.07) is 10.7. The van der Waals surface area contributed by atoms with Gasteiger partial charge < -0.3 is 5.32 Å². The smallest absolute Gasteiger partial charge is 0.0458 e. The van der Waals surface area contributed by atoms with Crippen molar-refractivity contribution in [2.45, 2.75) is 26.3 Å². The second-order valence-electron chi connectivity index (χ2n) is 4.41. The van der Waals surface area contributed by atoms with Gasteiger partial charge >= 0.3 is 0 Å². The fourth-order valence-electron chi connectivity index (χ4n) is 2.10. The number of benzene rings is 1. The van der Waals surface area contributed by atoms with Crippen LogP contribution in [0.3, 0.4) is 0 Å². The van der Waals surface area contributed by atoms with E-state index in [4.69, 9.17) is 11.6 Å². The standard InChI is InChI=1S/C15H18ClNS/c1-3-17-14(15-11(2)8-9-18-15)10-12-4-6-13(16)7-5-12/h4-9,14,17H,3,10H2,1-2H3. The molecule has 96 valence electrons. The minimum absolute atomic E-state index is 0.399. The molecule has 0 bridgehead atoms. The topological polar surface area (TPSA) is 12.0 Å². The first-order valence-electron chi connectivity index (χ1n) is 6.22. The van der Waals surface area contributed by atoms with Gasteiger partial charge in [-0.3, -0.25) is 0 Å². The lowest BCUT2D eigenvalue weighted by Gasteiger charge is -2.18. The van der Waals surface area contributed by atoms with Crippen LogP contribution < -0.4 is 5.32 Å². The van der Waals surface area contributed by atoms with Gasteiger partial charge in [0, 0.05) is 15.9 Å². The number of aryl methyl sites for hydroxylation is 1. The van der Waals surface area contributed by atoms with E-state index in [1.165, 1.54) is 16.0 Å². The largest absolute Gasteiger partial charge is 0.309 e. The van der Waals surface area contributed by atoms with Crippen LogP contribution in [0.2, 0.25) is 5.02 Å². The summed E-state index contributed by atoms with van der Waals surface area (Å²) in [5, 5.41) is 6.53. The van der Waals surface area contributed by atoms with Gasteiger partial charge in [-0.25, -0.2) is 0 Å². The van der Waals surface area contributed by atoms with Crippen LogP contribution in [-0.4, -0.2) is 6.54 Å². The van der Waals surface area contributed by atoms with Crippen LogP contribution in [0.15, 0.2) is 35.7 Å². The number of rotatable bonds is 5. The van der Waals surface area contributed by atoms with Crippen LogP contribution in [0.5, 0.6) is 0 Å². The van der Waals surface area contributed by atoms with Crippen molar-refractivity contribution in [3.05, 3.63) is 56.7 Å². The van der Waals surface area contributed by atoms with E-state index in [2.05, 4.69) is 42.7 Å². The molecule has 0 saturated carbocycles. The average Bonchev–Trinajstić information content (AvgIpc) is 2.78. The number of nitrogens with one attached hydrogen (secondary N) is 1. The summed E-state index contributed by atoms with van der Waals surface area (Å²) in [7, 11) is 0. The number of hydrogen-bond donors (Lipinski definition) is 1. The highest BCUT2D eigenvalue weighted by Crippen LogP contribution is 2.27. The summed E-state index contributed by atoms with van der Waals surface area (Å²) < 4.78 is 0. The molecule has 1 atom stereocenters. The second kappa shape index (κ2) is 6.37. The summed E-state index contributed by atoms with van der Waals surface area (Å²) in [5.41, 5.74) is 2.69. The molecule has 1 nitrogen and oxygen atoms in total. The highest BCUT2D eigenvalue weighted by Gasteiger charge is 2.14. The lowest BCUT2D eigenvalue weighted by molar-refractivity contribution is 0.556. The van der Waals surface area contributed by atoms with Crippen molar-refractivity contribution < 1.29 is 0 Å². The predicted molar refractivity (Wildman–Crippen MR) is 80.6 cm³/mol. The zero-order valence-corrected chi connectivity index (χ0v) is 12.3. The molecule has 0 aliphatic rings. The van der Waals surface area contributed by atoms with Gasteiger partial charge in [-0.15, -0.1) is 11.3 Å². The lowest BCUT2D eigenvalue weighted by Crippen LogP contribution is -2.22. The van der Waals surface area contributed by atoms with Crippen molar-refractivity contribution in [2.24, 2.45) is 0 Å². The summed E-state index contributed by atoms with van der Waals surface area (Å²) in [6.45, 7) is 5.31. The number of hydrogen-bond acceptors (Lipinski definition) is 2. The molecule has 1 aromatic carbocycles. The van der Waals surface area contributed by atoms with Crippen LogP contribution in [0.4, 0.5) is 0 Å². The predicted octanol–water partition coefficient (Wildman–Crippen LogP) is 4.60. The van der Waals surface area contributed by atoms with Gasteiger partial charge in [0.25, 0.3) is 0 Å². The Bertz CT molecular complexity index is 489. The van der Waals surface area contributed by atoms with Gasteiger partial charge in [-0.1, -0.05) is 30.7 Å². The summed E-state index contributed by atoms with van der Waals surface area (Å²) in [6.07, 6.45) is 1.01. The third-order valence-corrected chi connectivity index (χ3v) is 4.41. The molecule has 0 radical (unpaired) electrons. The molecule has 0 spiro atoms. The summed E-state index contributed by atoms with van der Waals surface area (Å²) in [4.78, 5) is 1.44. The minimum Gasteiger partial charge on any atom is -0.309 e. The van der Waals surface area contributed by atoms with Crippen molar-refractivity contribution in [2.75, 3.05) is 6.54 Å². The first-order chi connectivity index (χ1) is 8.70. The Labute approximate surface area is 118 Å². The number of likely N-dealkylation sites (N-methyl/N-ethyl adjacent to an activating group) is 1. The molecule has 1 aromatic heterocycles. The van der Waals surface area contributed by atoms with Gasteiger partial charge in [0.2, 0.25) is 0 Å². The van der Waals surface area contributed by atoms with E-state index in [1.807, 2.05) is 23.5 Å². The van der Waals surface area contributed by atoms with Gasteiger partial charge in [0.05, 0.1) is 0 Å². The maximum atomic E-state index is 5.92. The maximum absolute atomic E-state index is 5.92. The molecule has 1 heterocycles. The van der Waals surface area contributed by atoms with E-state index in [9.17, 15) is 0 Å². The Morgan fingerprint density at radius 1 is 1.22 bits per heavy atom. The van der Waals surface area contributed by atoms with Crippen LogP contribution in [0.1, 0.15) is 29.0 Å². The van der Waals surface area contributed by atoms with Gasteiger partial charge in [-0.2, -0.15) is 0 Å². The van der Waals surface area contributed by atoms with E-state index in [0.717, 1.165) is 18.0 Å². The Morgan fingerprint density at radius 2 is 1.94 bits per heavy atom. The number of thiophene rings is 1. The second-order valence-corrected chi connectivity index (χ2v) is 5.79. The lowest BCUT2D eigenvalue weighted by atomic mass is 10.0. The zero-order valence-electron chi connectivity index (χ0n) is 10.7. The molecular weight excluding hydrogens is 262 g/mol. The molecule has 0 aliphatic carbocycles. The van der Waals surface area contributed by atoms with Gasteiger partial charge in [-0.05, 0) is 54.6 Å². The maximum Gasteiger partial charge on any atom is 0.0458 e. The molecule has 0 amide bonds. The fourth-order valence-corrected chi connectivity index (χ4v) is 3.23. The quantitative estimate of drug-likeness (QED) is 0.843. The van der Waals surface area contributed by atoms with Crippen LogP contribution in [0.25, 0.3) is 0 Å². The van der Waals surface area contributed by atoms with Crippen molar-refractivity contribution in [1.82, 2.24) is 5.32 Å². The van der Waals surface area contributed by atoms with E-state index in [0.29, 0.717) is 6.04 Å². The fraction of sp³-hybridized carbons (Fsp3) is 0.333. The van der Waals surface area contributed by atoms with Crippen molar-refractivity contribution in [1.29, 1.82) is 0 Å². The van der Waals surface area contributed by atoms with Gasteiger partial charge in [0.15, 0.2) is 0 Å². The molecule has 0 aliphatic heterocycles. The normalized spacial score (nSPS) is 12.6. The Kier molecular flexibility index (Phi) is 4.81. The van der Waals surface area contributed by atoms with Crippen molar-refractivity contribution >= 4 is 22.9 Å². The Morgan fingerprint density at radius 3 is 2.50 bits per heavy atom. The van der Waals surface area contributed by atoms with Crippen LogP contribution in [-0.2, 0) is 6.42 Å². The highest BCUT2D eigenvalue weighted by atomic mass is 35.5. The molecule has 18 heavy (non-hydrogen) atoms. The minimum atomic E-state index is 0.399. The molecule has 0 saturated heterocycles. The van der Waals surface area contributed by atoms with Crippen LogP contribution in [0, 0.1) is 6.92 Å². The van der Waals surface area contributed by atoms with Crippen molar-refractivity contribution in [3.63, 3.8) is 0 Å². The molecule has 3 heteroatoms. The molecule has 0 fully saturated rings. The van der Waals surface area contributed by atoms with Crippen molar-refractivity contribution in [3.8, 4) is 0 Å². The third-order valence-electron chi connectivity index (χ3n) is 3.02.